The average Bonchev–Trinajstić information content (AvgIpc) is 3.20. The summed E-state index contributed by atoms with van der Waals surface area (Å²) in [6, 6.07) is 10.6. The molecule has 0 fully saturated rings. The SMILES string of the molecule is CCCN(CCC)C(=O)Cn1cc(-c2nc(-c3ccc(Br)cc3)no2)ccc1=O. The molecule has 0 aliphatic heterocycles. The van der Waals surface area contributed by atoms with Crippen LogP contribution in [0.15, 0.2) is 56.4 Å². The molecule has 0 bridgehead atoms. The van der Waals surface area contributed by atoms with Crippen LogP contribution in [-0.2, 0) is 11.3 Å². The first-order chi connectivity index (χ1) is 14.0. The van der Waals surface area contributed by atoms with Crippen molar-refractivity contribution in [1.82, 2.24) is 19.6 Å². The normalized spacial score (nSPS) is 10.9. The van der Waals surface area contributed by atoms with Crippen LogP contribution in [0, 0.1) is 0 Å². The summed E-state index contributed by atoms with van der Waals surface area (Å²) in [7, 11) is 0. The van der Waals surface area contributed by atoms with E-state index in [-0.39, 0.29) is 18.0 Å². The number of pyridine rings is 1. The molecule has 0 spiro atoms. The molecule has 3 rings (SSSR count). The van der Waals surface area contributed by atoms with Crippen LogP contribution in [0.5, 0.6) is 0 Å². The maximum absolute atomic E-state index is 12.6. The van der Waals surface area contributed by atoms with Crippen molar-refractivity contribution in [3.8, 4) is 22.8 Å². The van der Waals surface area contributed by atoms with Gasteiger partial charge < -0.3 is 14.0 Å². The number of halogens is 1. The number of hydrogen-bond acceptors (Lipinski definition) is 5. The molecule has 0 saturated heterocycles. The third kappa shape index (κ3) is 5.20. The Labute approximate surface area is 177 Å². The topological polar surface area (TPSA) is 81.2 Å². The van der Waals surface area contributed by atoms with Crippen molar-refractivity contribution in [3.63, 3.8) is 0 Å². The summed E-state index contributed by atoms with van der Waals surface area (Å²) in [6.45, 7) is 5.41. The Morgan fingerprint density at radius 1 is 1.07 bits per heavy atom. The predicted octanol–water partition coefficient (Wildman–Crippen LogP) is 3.98. The summed E-state index contributed by atoms with van der Waals surface area (Å²) in [5.41, 5.74) is 1.16. The van der Waals surface area contributed by atoms with Crippen LogP contribution in [0.3, 0.4) is 0 Å². The first-order valence-corrected chi connectivity index (χ1v) is 10.4. The fourth-order valence-corrected chi connectivity index (χ4v) is 3.25. The van der Waals surface area contributed by atoms with Gasteiger partial charge in [-0.05, 0) is 43.2 Å². The molecule has 1 aromatic carbocycles. The molecule has 2 aromatic heterocycles. The minimum Gasteiger partial charge on any atom is -0.341 e. The summed E-state index contributed by atoms with van der Waals surface area (Å²) >= 11 is 3.40. The van der Waals surface area contributed by atoms with Crippen LogP contribution in [0.2, 0.25) is 0 Å². The smallest absolute Gasteiger partial charge is 0.259 e. The van der Waals surface area contributed by atoms with Gasteiger partial charge in [0, 0.05) is 35.4 Å². The van der Waals surface area contributed by atoms with Crippen LogP contribution < -0.4 is 5.56 Å². The standard InChI is InChI=1S/C21H23BrN4O3/c1-3-11-25(12-4-2)19(28)14-26-13-16(7-10-18(26)27)21-23-20(24-29-21)15-5-8-17(22)9-6-15/h5-10,13H,3-4,11-12,14H2,1-2H3. The van der Waals surface area contributed by atoms with Crippen molar-refractivity contribution in [1.29, 1.82) is 0 Å². The van der Waals surface area contributed by atoms with Crippen molar-refractivity contribution in [2.75, 3.05) is 13.1 Å². The van der Waals surface area contributed by atoms with Crippen molar-refractivity contribution in [2.24, 2.45) is 0 Å². The fraction of sp³-hybridized carbons (Fsp3) is 0.333. The lowest BCUT2D eigenvalue weighted by atomic mass is 10.2. The molecule has 0 unspecified atom stereocenters. The molecule has 0 N–H and O–H groups in total. The lowest BCUT2D eigenvalue weighted by Crippen LogP contribution is -2.37. The largest absolute Gasteiger partial charge is 0.341 e. The Balaban J connectivity index is 1.83. The van der Waals surface area contributed by atoms with Gasteiger partial charge in [0.1, 0.15) is 6.54 Å². The third-order valence-corrected chi connectivity index (χ3v) is 4.93. The maximum atomic E-state index is 12.6. The second-order valence-electron chi connectivity index (χ2n) is 6.69. The highest BCUT2D eigenvalue weighted by molar-refractivity contribution is 9.10. The second kappa shape index (κ2) is 9.65. The van der Waals surface area contributed by atoms with Crippen molar-refractivity contribution < 1.29 is 9.32 Å². The summed E-state index contributed by atoms with van der Waals surface area (Å²) < 4.78 is 7.72. The Bertz CT molecular complexity index is 1020. The van der Waals surface area contributed by atoms with E-state index in [0.29, 0.717) is 30.4 Å². The van der Waals surface area contributed by atoms with Gasteiger partial charge in [0.2, 0.25) is 11.7 Å². The van der Waals surface area contributed by atoms with E-state index in [2.05, 4.69) is 26.1 Å². The summed E-state index contributed by atoms with van der Waals surface area (Å²) in [4.78, 5) is 31.1. The number of carbonyl (C=O) groups excluding carboxylic acids is 1. The number of carbonyl (C=O) groups is 1. The summed E-state index contributed by atoms with van der Waals surface area (Å²) in [6.07, 6.45) is 3.35. The maximum Gasteiger partial charge on any atom is 0.259 e. The zero-order valence-corrected chi connectivity index (χ0v) is 18.1. The number of rotatable bonds is 8. The number of aromatic nitrogens is 3. The number of nitrogens with zero attached hydrogens (tertiary/aromatic N) is 4. The van der Waals surface area contributed by atoms with E-state index in [4.69, 9.17) is 4.52 Å². The molecule has 1 amide bonds. The highest BCUT2D eigenvalue weighted by Crippen LogP contribution is 2.23. The van der Waals surface area contributed by atoms with Gasteiger partial charge >= 0.3 is 0 Å². The van der Waals surface area contributed by atoms with Crippen molar-refractivity contribution in [3.05, 3.63) is 57.4 Å². The molecule has 2 heterocycles. The second-order valence-corrected chi connectivity index (χ2v) is 7.61. The third-order valence-electron chi connectivity index (χ3n) is 4.40. The monoisotopic (exact) mass is 458 g/mol. The van der Waals surface area contributed by atoms with Gasteiger partial charge in [-0.15, -0.1) is 0 Å². The predicted molar refractivity (Wildman–Crippen MR) is 114 cm³/mol. The molecular formula is C21H23BrN4O3. The molecule has 29 heavy (non-hydrogen) atoms. The molecule has 3 aromatic rings. The molecule has 0 aliphatic carbocycles. The van der Waals surface area contributed by atoms with E-state index in [1.807, 2.05) is 38.1 Å². The number of benzene rings is 1. The van der Waals surface area contributed by atoms with Crippen LogP contribution in [0.4, 0.5) is 0 Å². The van der Waals surface area contributed by atoms with E-state index in [0.717, 1.165) is 22.9 Å². The minimum absolute atomic E-state index is 0.0135. The zero-order chi connectivity index (χ0) is 20.8. The van der Waals surface area contributed by atoms with Crippen LogP contribution >= 0.6 is 15.9 Å². The average molecular weight is 459 g/mol. The highest BCUT2D eigenvalue weighted by Gasteiger charge is 2.15. The highest BCUT2D eigenvalue weighted by atomic mass is 79.9. The first-order valence-electron chi connectivity index (χ1n) is 9.60. The summed E-state index contributed by atoms with van der Waals surface area (Å²) in [5.74, 6) is 0.676. The van der Waals surface area contributed by atoms with Gasteiger partial charge in [-0.2, -0.15) is 4.98 Å². The van der Waals surface area contributed by atoms with Gasteiger partial charge in [0.25, 0.3) is 11.4 Å². The van der Waals surface area contributed by atoms with Crippen LogP contribution in [0.1, 0.15) is 26.7 Å². The zero-order valence-electron chi connectivity index (χ0n) is 16.5. The van der Waals surface area contributed by atoms with E-state index in [1.165, 1.54) is 10.6 Å². The van der Waals surface area contributed by atoms with Crippen LogP contribution in [0.25, 0.3) is 22.8 Å². The quantitative estimate of drug-likeness (QED) is 0.509. The molecular weight excluding hydrogens is 436 g/mol. The Morgan fingerprint density at radius 3 is 2.38 bits per heavy atom. The molecule has 152 valence electrons. The molecule has 0 aliphatic rings. The molecule has 8 heteroatoms. The molecule has 0 saturated carbocycles. The van der Waals surface area contributed by atoms with Crippen molar-refractivity contribution >= 4 is 21.8 Å². The number of hydrogen-bond donors (Lipinski definition) is 0. The first kappa shape index (κ1) is 21.0. The molecule has 0 atom stereocenters. The number of amides is 1. The van der Waals surface area contributed by atoms with E-state index in [9.17, 15) is 9.59 Å². The fourth-order valence-electron chi connectivity index (χ4n) is 2.99. The van der Waals surface area contributed by atoms with Gasteiger partial charge in [-0.3, -0.25) is 9.59 Å². The Hall–Kier alpha value is -2.74. The van der Waals surface area contributed by atoms with E-state index >= 15 is 0 Å². The lowest BCUT2D eigenvalue weighted by molar-refractivity contribution is -0.132. The summed E-state index contributed by atoms with van der Waals surface area (Å²) in [5, 5.41) is 4.02. The Kier molecular flexibility index (Phi) is 6.98. The van der Waals surface area contributed by atoms with Crippen LogP contribution in [-0.4, -0.2) is 38.6 Å². The molecule has 0 radical (unpaired) electrons. The minimum atomic E-state index is -0.248. The van der Waals surface area contributed by atoms with E-state index in [1.54, 1.807) is 17.2 Å². The van der Waals surface area contributed by atoms with Gasteiger partial charge in [-0.1, -0.05) is 34.9 Å². The lowest BCUT2D eigenvalue weighted by Gasteiger charge is -2.21. The van der Waals surface area contributed by atoms with Gasteiger partial charge in [0.05, 0.1) is 5.56 Å². The van der Waals surface area contributed by atoms with Gasteiger partial charge in [0.15, 0.2) is 0 Å². The van der Waals surface area contributed by atoms with Crippen molar-refractivity contribution in [2.45, 2.75) is 33.2 Å². The van der Waals surface area contributed by atoms with Gasteiger partial charge in [-0.25, -0.2) is 0 Å². The molecule has 7 nitrogen and oxygen atoms in total. The Morgan fingerprint density at radius 2 is 1.72 bits per heavy atom. The van der Waals surface area contributed by atoms with E-state index < -0.39 is 0 Å².